The number of fused-ring (bicyclic) bond motifs is 1. The van der Waals surface area contributed by atoms with Gasteiger partial charge in [-0.25, -0.2) is 31.7 Å². The van der Waals surface area contributed by atoms with Gasteiger partial charge in [-0.3, -0.25) is 0 Å². The molecule has 11 heteroatoms. The quantitative estimate of drug-likeness (QED) is 0.375. The van der Waals surface area contributed by atoms with Crippen LogP contribution < -0.4 is 5.32 Å². The molecule has 0 radical (unpaired) electrons. The molecule has 0 aliphatic heterocycles. The SMILES string of the molecule is Cc1ccc(S(=O)(=O)n2cc(-c3ncc(F)c(N[C@@H]4CCC[C@H](C#N)C4)n3)c3cc(Cl)cnc32)cc1. The molecule has 3 heterocycles. The molecule has 1 saturated carbocycles. The van der Waals surface area contributed by atoms with Crippen LogP contribution in [-0.4, -0.2) is 33.4 Å². The van der Waals surface area contributed by atoms with Gasteiger partial charge in [-0.05, 0) is 44.4 Å². The predicted molar refractivity (Wildman–Crippen MR) is 134 cm³/mol. The van der Waals surface area contributed by atoms with Crippen LogP contribution in [0.5, 0.6) is 0 Å². The molecule has 0 spiro atoms. The number of nitrogens with zero attached hydrogens (tertiary/aromatic N) is 5. The number of hydrogen-bond donors (Lipinski definition) is 1. The molecule has 3 aromatic heterocycles. The number of benzene rings is 1. The van der Waals surface area contributed by atoms with Crippen LogP contribution in [0.15, 0.2) is 53.8 Å². The second-order valence-corrected chi connectivity index (χ2v) is 11.2. The van der Waals surface area contributed by atoms with Gasteiger partial charge in [0, 0.05) is 35.3 Å². The van der Waals surface area contributed by atoms with Crippen molar-refractivity contribution in [2.75, 3.05) is 5.32 Å². The molecule has 1 fully saturated rings. The highest BCUT2D eigenvalue weighted by Gasteiger charge is 2.26. The first-order valence-electron chi connectivity index (χ1n) is 11.4. The van der Waals surface area contributed by atoms with Gasteiger partial charge in [0.1, 0.15) is 0 Å². The van der Waals surface area contributed by atoms with E-state index in [2.05, 4.69) is 26.3 Å². The molecule has 4 aromatic rings. The van der Waals surface area contributed by atoms with Gasteiger partial charge in [0.15, 0.2) is 23.1 Å². The van der Waals surface area contributed by atoms with Crippen LogP contribution >= 0.6 is 11.6 Å². The molecule has 0 saturated heterocycles. The van der Waals surface area contributed by atoms with Crippen molar-refractivity contribution >= 4 is 38.5 Å². The van der Waals surface area contributed by atoms with E-state index in [9.17, 15) is 18.1 Å². The Balaban J connectivity index is 1.59. The third kappa shape index (κ3) is 4.52. The van der Waals surface area contributed by atoms with Gasteiger partial charge >= 0.3 is 0 Å². The Labute approximate surface area is 212 Å². The lowest BCUT2D eigenvalue weighted by Crippen LogP contribution is -2.27. The fraction of sp³-hybridized carbons (Fsp3) is 0.280. The van der Waals surface area contributed by atoms with E-state index in [4.69, 9.17) is 11.6 Å². The number of halogens is 2. The molecule has 1 aromatic carbocycles. The van der Waals surface area contributed by atoms with Crippen molar-refractivity contribution in [3.05, 3.63) is 65.3 Å². The molecule has 0 unspecified atom stereocenters. The predicted octanol–water partition coefficient (Wildman–Crippen LogP) is 5.33. The summed E-state index contributed by atoms with van der Waals surface area (Å²) in [5, 5.41) is 13.1. The van der Waals surface area contributed by atoms with Crippen molar-refractivity contribution in [3.63, 3.8) is 0 Å². The van der Waals surface area contributed by atoms with Crippen molar-refractivity contribution < 1.29 is 12.8 Å². The summed E-state index contributed by atoms with van der Waals surface area (Å²) in [6.07, 6.45) is 6.88. The van der Waals surface area contributed by atoms with Gasteiger partial charge in [0.25, 0.3) is 10.0 Å². The maximum absolute atomic E-state index is 14.7. The Morgan fingerprint density at radius 2 is 1.97 bits per heavy atom. The lowest BCUT2D eigenvalue weighted by atomic mass is 9.87. The minimum Gasteiger partial charge on any atom is -0.365 e. The number of anilines is 1. The topological polar surface area (TPSA) is 114 Å². The minimum absolute atomic E-state index is 0.000804. The van der Waals surface area contributed by atoms with Gasteiger partial charge in [-0.2, -0.15) is 5.26 Å². The summed E-state index contributed by atoms with van der Waals surface area (Å²) in [4.78, 5) is 12.9. The molecule has 0 amide bonds. The van der Waals surface area contributed by atoms with Crippen molar-refractivity contribution in [1.29, 1.82) is 5.26 Å². The Morgan fingerprint density at radius 1 is 1.19 bits per heavy atom. The molecule has 2 atom stereocenters. The highest BCUT2D eigenvalue weighted by molar-refractivity contribution is 7.90. The average Bonchev–Trinajstić information content (AvgIpc) is 3.25. The molecular weight excluding hydrogens is 503 g/mol. The highest BCUT2D eigenvalue weighted by atomic mass is 35.5. The van der Waals surface area contributed by atoms with Crippen LogP contribution in [0.1, 0.15) is 31.2 Å². The molecule has 1 aliphatic carbocycles. The van der Waals surface area contributed by atoms with E-state index in [0.29, 0.717) is 22.4 Å². The fourth-order valence-electron chi connectivity index (χ4n) is 4.47. The number of pyridine rings is 1. The maximum atomic E-state index is 14.7. The van der Waals surface area contributed by atoms with Gasteiger partial charge in [-0.1, -0.05) is 35.7 Å². The number of nitriles is 1. The van der Waals surface area contributed by atoms with E-state index < -0.39 is 15.8 Å². The smallest absolute Gasteiger partial charge is 0.269 e. The fourth-order valence-corrected chi connectivity index (χ4v) is 5.95. The van der Waals surface area contributed by atoms with Crippen LogP contribution in [0.2, 0.25) is 5.02 Å². The standard InChI is InChI=1S/C25H22ClFN6O2S/c1-15-5-7-19(8-6-15)36(34,35)33-14-21(20-10-17(26)12-30-25(20)33)23-29-13-22(27)24(32-23)31-18-4-2-3-16(9-18)11-28/h5-8,10,12-14,16,18H,2-4,9H2,1H3,(H,29,31,32)/t16-,18+/m0/s1. The first-order chi connectivity index (χ1) is 17.3. The van der Waals surface area contributed by atoms with E-state index in [-0.39, 0.29) is 34.1 Å². The van der Waals surface area contributed by atoms with Crippen LogP contribution in [-0.2, 0) is 10.0 Å². The molecule has 1 N–H and O–H groups in total. The number of hydrogen-bond acceptors (Lipinski definition) is 7. The van der Waals surface area contributed by atoms with Gasteiger partial charge < -0.3 is 5.32 Å². The summed E-state index contributed by atoms with van der Waals surface area (Å²) in [6, 6.07) is 10.3. The number of aryl methyl sites for hydroxylation is 1. The van der Waals surface area contributed by atoms with E-state index in [1.54, 1.807) is 18.2 Å². The monoisotopic (exact) mass is 524 g/mol. The van der Waals surface area contributed by atoms with Crippen LogP contribution in [0, 0.1) is 30.0 Å². The van der Waals surface area contributed by atoms with Crippen molar-refractivity contribution in [3.8, 4) is 17.5 Å². The summed E-state index contributed by atoms with van der Waals surface area (Å²) in [7, 11) is -4.00. The van der Waals surface area contributed by atoms with Crippen molar-refractivity contribution in [2.24, 2.45) is 5.92 Å². The van der Waals surface area contributed by atoms with Gasteiger partial charge in [0.2, 0.25) is 0 Å². The zero-order valence-electron chi connectivity index (χ0n) is 19.3. The second kappa shape index (κ2) is 9.48. The molecular formula is C25H22ClFN6O2S. The first-order valence-corrected chi connectivity index (χ1v) is 13.3. The Hall–Kier alpha value is -3.55. The van der Waals surface area contributed by atoms with E-state index in [1.165, 1.54) is 24.5 Å². The molecule has 5 rings (SSSR count). The number of rotatable bonds is 5. The second-order valence-electron chi connectivity index (χ2n) is 8.91. The summed E-state index contributed by atoms with van der Waals surface area (Å²) in [5.74, 6) is -0.594. The summed E-state index contributed by atoms with van der Waals surface area (Å²) < 4.78 is 42.7. The molecule has 0 bridgehead atoms. The lowest BCUT2D eigenvalue weighted by Gasteiger charge is -2.26. The first kappa shape index (κ1) is 24.2. The Morgan fingerprint density at radius 3 is 2.72 bits per heavy atom. The maximum Gasteiger partial charge on any atom is 0.269 e. The van der Waals surface area contributed by atoms with Crippen molar-refractivity contribution in [2.45, 2.75) is 43.5 Å². The summed E-state index contributed by atoms with van der Waals surface area (Å²) in [6.45, 7) is 1.87. The van der Waals surface area contributed by atoms with E-state index >= 15 is 0 Å². The van der Waals surface area contributed by atoms with Crippen LogP contribution in [0.25, 0.3) is 22.4 Å². The normalized spacial score (nSPS) is 18.2. The van der Waals surface area contributed by atoms with Crippen molar-refractivity contribution in [1.82, 2.24) is 18.9 Å². The Bertz CT molecular complexity index is 1600. The lowest BCUT2D eigenvalue weighted by molar-refractivity contribution is 0.393. The minimum atomic E-state index is -4.00. The highest BCUT2D eigenvalue weighted by Crippen LogP contribution is 2.33. The van der Waals surface area contributed by atoms with Gasteiger partial charge in [-0.15, -0.1) is 0 Å². The zero-order chi connectivity index (χ0) is 25.4. The Kier molecular flexibility index (Phi) is 6.36. The van der Waals surface area contributed by atoms with Crippen LogP contribution in [0.3, 0.4) is 0 Å². The summed E-state index contributed by atoms with van der Waals surface area (Å²) >= 11 is 6.19. The average molecular weight is 525 g/mol. The third-order valence-electron chi connectivity index (χ3n) is 6.34. The van der Waals surface area contributed by atoms with Gasteiger partial charge in [0.05, 0.1) is 22.2 Å². The van der Waals surface area contributed by atoms with E-state index in [0.717, 1.165) is 35.0 Å². The number of nitrogens with one attached hydrogen (secondary N) is 1. The summed E-state index contributed by atoms with van der Waals surface area (Å²) in [5.41, 5.74) is 1.43. The third-order valence-corrected chi connectivity index (χ3v) is 8.21. The largest absolute Gasteiger partial charge is 0.365 e. The molecule has 1 aliphatic rings. The number of aromatic nitrogens is 4. The molecule has 8 nitrogen and oxygen atoms in total. The molecule has 36 heavy (non-hydrogen) atoms. The van der Waals surface area contributed by atoms with E-state index in [1.807, 2.05) is 6.92 Å². The molecule has 184 valence electrons. The van der Waals surface area contributed by atoms with Crippen LogP contribution in [0.4, 0.5) is 10.2 Å². The zero-order valence-corrected chi connectivity index (χ0v) is 20.9.